The number of halogens is 2. The van der Waals surface area contributed by atoms with Crippen molar-refractivity contribution in [3.05, 3.63) is 59.1 Å². The summed E-state index contributed by atoms with van der Waals surface area (Å²) in [5, 5.41) is 3.93. The van der Waals surface area contributed by atoms with Gasteiger partial charge in [-0.1, -0.05) is 11.6 Å². The van der Waals surface area contributed by atoms with Gasteiger partial charge >= 0.3 is 0 Å². The molecule has 0 amide bonds. The monoisotopic (exact) mass is 313 g/mol. The molecule has 2 rings (SSSR count). The zero-order chi connectivity index (χ0) is 14.6. The highest BCUT2D eigenvalue weighted by molar-refractivity contribution is 7.89. The van der Waals surface area contributed by atoms with E-state index in [1.54, 1.807) is 12.1 Å². The topological polar surface area (TPSA) is 71.4 Å². The molecular formula is C12H9ClFN3O2S. The first-order valence-corrected chi connectivity index (χ1v) is 7.25. The molecule has 5 nitrogen and oxygen atoms in total. The summed E-state index contributed by atoms with van der Waals surface area (Å²) in [5.41, 5.74) is 0.580. The van der Waals surface area contributed by atoms with Crippen LogP contribution in [0.5, 0.6) is 0 Å². The summed E-state index contributed by atoms with van der Waals surface area (Å²) in [4.78, 5) is 5.76. The van der Waals surface area contributed by atoms with Crippen molar-refractivity contribution in [2.75, 3.05) is 0 Å². The van der Waals surface area contributed by atoms with Gasteiger partial charge in [-0.25, -0.2) is 14.2 Å². The van der Waals surface area contributed by atoms with Crippen LogP contribution in [0.2, 0.25) is 5.15 Å². The van der Waals surface area contributed by atoms with Crippen molar-refractivity contribution in [3.63, 3.8) is 0 Å². The van der Waals surface area contributed by atoms with Gasteiger partial charge in [-0.15, -0.1) is 0 Å². The lowest BCUT2D eigenvalue weighted by Gasteiger charge is -2.02. The van der Waals surface area contributed by atoms with E-state index in [9.17, 15) is 12.8 Å². The molecule has 0 saturated carbocycles. The third-order valence-corrected chi connectivity index (χ3v) is 3.72. The van der Waals surface area contributed by atoms with Crippen LogP contribution in [0.1, 0.15) is 5.56 Å². The van der Waals surface area contributed by atoms with E-state index in [0.717, 1.165) is 24.3 Å². The number of rotatable bonds is 4. The summed E-state index contributed by atoms with van der Waals surface area (Å²) >= 11 is 5.61. The first kappa shape index (κ1) is 14.4. The van der Waals surface area contributed by atoms with Crippen LogP contribution in [0.4, 0.5) is 4.39 Å². The van der Waals surface area contributed by atoms with Gasteiger partial charge in [0.05, 0.1) is 11.1 Å². The second-order valence-corrected chi connectivity index (χ2v) is 5.77. The van der Waals surface area contributed by atoms with Crippen LogP contribution in [-0.4, -0.2) is 19.6 Å². The van der Waals surface area contributed by atoms with Crippen LogP contribution in [0, 0.1) is 5.82 Å². The van der Waals surface area contributed by atoms with E-state index in [0.29, 0.717) is 10.7 Å². The lowest BCUT2D eigenvalue weighted by atomic mass is 10.3. The van der Waals surface area contributed by atoms with Gasteiger partial charge in [0.2, 0.25) is 0 Å². The van der Waals surface area contributed by atoms with Crippen molar-refractivity contribution in [2.45, 2.75) is 4.90 Å². The van der Waals surface area contributed by atoms with E-state index in [4.69, 9.17) is 11.6 Å². The Labute approximate surface area is 120 Å². The van der Waals surface area contributed by atoms with Gasteiger partial charge in [0, 0.05) is 11.8 Å². The van der Waals surface area contributed by atoms with Crippen LogP contribution in [0.3, 0.4) is 0 Å². The third-order valence-electron chi connectivity index (χ3n) is 2.26. The van der Waals surface area contributed by atoms with Crippen LogP contribution in [0.15, 0.2) is 52.6 Å². The number of pyridine rings is 1. The molecule has 104 valence electrons. The molecule has 1 N–H and O–H groups in total. The SMILES string of the molecule is O=S(=O)(N/N=C/c1ccc(Cl)nc1)c1ccc(F)cc1. The number of hydrogen-bond acceptors (Lipinski definition) is 4. The van der Waals surface area contributed by atoms with Crippen LogP contribution in [0.25, 0.3) is 0 Å². The predicted molar refractivity (Wildman–Crippen MR) is 73.6 cm³/mol. The molecule has 20 heavy (non-hydrogen) atoms. The molecule has 1 aromatic carbocycles. The number of hydrogen-bond donors (Lipinski definition) is 1. The van der Waals surface area contributed by atoms with Gasteiger partial charge < -0.3 is 0 Å². The predicted octanol–water partition coefficient (Wildman–Crippen LogP) is 2.19. The fourth-order valence-corrected chi connectivity index (χ4v) is 2.20. The van der Waals surface area contributed by atoms with Crippen molar-refractivity contribution < 1.29 is 12.8 Å². The Morgan fingerprint density at radius 1 is 1.20 bits per heavy atom. The van der Waals surface area contributed by atoms with Gasteiger partial charge in [-0.2, -0.15) is 13.5 Å². The molecule has 8 heteroatoms. The molecular weight excluding hydrogens is 305 g/mol. The molecule has 1 heterocycles. The largest absolute Gasteiger partial charge is 0.276 e. The van der Waals surface area contributed by atoms with Crippen LogP contribution < -0.4 is 4.83 Å². The number of nitrogens with zero attached hydrogens (tertiary/aromatic N) is 2. The Morgan fingerprint density at radius 3 is 2.50 bits per heavy atom. The Bertz CT molecular complexity index is 715. The van der Waals surface area contributed by atoms with Gasteiger partial charge in [0.1, 0.15) is 11.0 Å². The second-order valence-electron chi connectivity index (χ2n) is 3.72. The molecule has 0 bridgehead atoms. The first-order valence-electron chi connectivity index (χ1n) is 5.39. The van der Waals surface area contributed by atoms with E-state index >= 15 is 0 Å². The Hall–Kier alpha value is -1.99. The quantitative estimate of drug-likeness (QED) is 0.534. The van der Waals surface area contributed by atoms with E-state index in [-0.39, 0.29) is 4.90 Å². The number of nitrogens with one attached hydrogen (secondary N) is 1. The Balaban J connectivity index is 2.09. The fraction of sp³-hybridized carbons (Fsp3) is 0. The highest BCUT2D eigenvalue weighted by atomic mass is 35.5. The van der Waals surface area contributed by atoms with Crippen LogP contribution >= 0.6 is 11.6 Å². The lowest BCUT2D eigenvalue weighted by Crippen LogP contribution is -2.18. The molecule has 0 saturated heterocycles. The summed E-state index contributed by atoms with van der Waals surface area (Å²) in [7, 11) is -3.82. The first-order chi connectivity index (χ1) is 9.47. The van der Waals surface area contributed by atoms with Crippen molar-refractivity contribution in [3.8, 4) is 0 Å². The smallest absolute Gasteiger partial charge is 0.244 e. The third kappa shape index (κ3) is 3.75. The average Bonchev–Trinajstić information content (AvgIpc) is 2.41. The molecule has 0 spiro atoms. The molecule has 0 atom stereocenters. The summed E-state index contributed by atoms with van der Waals surface area (Å²) < 4.78 is 36.3. The summed E-state index contributed by atoms with van der Waals surface area (Å²) in [6, 6.07) is 7.60. The molecule has 0 aliphatic heterocycles. The van der Waals surface area contributed by atoms with Crippen molar-refractivity contribution in [2.24, 2.45) is 5.10 Å². The number of benzene rings is 1. The Kier molecular flexibility index (Phi) is 4.31. The maximum absolute atomic E-state index is 12.7. The number of aromatic nitrogens is 1. The fourth-order valence-electron chi connectivity index (χ4n) is 1.30. The van der Waals surface area contributed by atoms with Crippen molar-refractivity contribution >= 4 is 27.8 Å². The number of sulfonamides is 1. The van der Waals surface area contributed by atoms with Crippen molar-refractivity contribution in [1.29, 1.82) is 0 Å². The molecule has 0 fully saturated rings. The summed E-state index contributed by atoms with van der Waals surface area (Å²) in [6.45, 7) is 0. The summed E-state index contributed by atoms with van der Waals surface area (Å²) in [5.74, 6) is -0.514. The molecule has 0 unspecified atom stereocenters. The molecule has 0 aliphatic rings. The minimum Gasteiger partial charge on any atom is -0.244 e. The molecule has 2 aromatic rings. The van der Waals surface area contributed by atoms with Crippen LogP contribution in [-0.2, 0) is 10.0 Å². The van der Waals surface area contributed by atoms with E-state index in [1.165, 1.54) is 12.4 Å². The maximum atomic E-state index is 12.7. The van der Waals surface area contributed by atoms with Gasteiger partial charge in [0.25, 0.3) is 10.0 Å². The molecule has 1 aromatic heterocycles. The lowest BCUT2D eigenvalue weighted by molar-refractivity contribution is 0.583. The average molecular weight is 314 g/mol. The zero-order valence-corrected chi connectivity index (χ0v) is 11.6. The van der Waals surface area contributed by atoms with Gasteiger partial charge in [-0.05, 0) is 36.4 Å². The molecule has 0 aliphatic carbocycles. The highest BCUT2D eigenvalue weighted by Gasteiger charge is 2.12. The molecule has 0 radical (unpaired) electrons. The maximum Gasteiger partial charge on any atom is 0.276 e. The summed E-state index contributed by atoms with van der Waals surface area (Å²) in [6.07, 6.45) is 2.72. The normalized spacial score (nSPS) is 11.7. The van der Waals surface area contributed by atoms with Gasteiger partial charge in [-0.3, -0.25) is 0 Å². The minimum atomic E-state index is -3.82. The standard InChI is InChI=1S/C12H9ClFN3O2S/c13-12-6-1-9(7-15-12)8-16-17-20(18,19)11-4-2-10(14)3-5-11/h1-8,17H/b16-8+. The van der Waals surface area contributed by atoms with E-state index in [1.807, 2.05) is 4.83 Å². The minimum absolute atomic E-state index is 0.0784. The van der Waals surface area contributed by atoms with Crippen molar-refractivity contribution in [1.82, 2.24) is 9.82 Å². The number of hydrazone groups is 1. The second kappa shape index (κ2) is 5.98. The Morgan fingerprint density at radius 2 is 1.90 bits per heavy atom. The van der Waals surface area contributed by atoms with Gasteiger partial charge in [0.15, 0.2) is 0 Å². The zero-order valence-electron chi connectivity index (χ0n) is 9.99. The highest BCUT2D eigenvalue weighted by Crippen LogP contribution is 2.09. The van der Waals surface area contributed by atoms with E-state index in [2.05, 4.69) is 10.1 Å². The van der Waals surface area contributed by atoms with E-state index < -0.39 is 15.8 Å².